The highest BCUT2D eigenvalue weighted by atomic mass is 16.5. The fourth-order valence-corrected chi connectivity index (χ4v) is 2.50. The van der Waals surface area contributed by atoms with Crippen LogP contribution < -0.4 is 5.32 Å². The van der Waals surface area contributed by atoms with Crippen molar-refractivity contribution in [1.82, 2.24) is 10.2 Å². The monoisotopic (exact) mass is 242 g/mol. The average Bonchev–Trinajstić information content (AvgIpc) is 2.39. The molecule has 0 amide bonds. The van der Waals surface area contributed by atoms with Crippen LogP contribution in [0.2, 0.25) is 0 Å². The highest BCUT2D eigenvalue weighted by Crippen LogP contribution is 2.17. The van der Waals surface area contributed by atoms with E-state index in [1.165, 1.54) is 12.8 Å². The number of hydrogen-bond acceptors (Lipinski definition) is 3. The van der Waals surface area contributed by atoms with Gasteiger partial charge in [-0.05, 0) is 25.4 Å². The summed E-state index contributed by atoms with van der Waals surface area (Å²) in [6, 6.07) is 0.509. The van der Waals surface area contributed by atoms with Crippen molar-refractivity contribution in [3.05, 3.63) is 0 Å². The quantitative estimate of drug-likeness (QED) is 0.740. The zero-order chi connectivity index (χ0) is 12.7. The lowest BCUT2D eigenvalue weighted by Gasteiger charge is -2.39. The van der Waals surface area contributed by atoms with Gasteiger partial charge in [0.05, 0.1) is 12.7 Å². The summed E-state index contributed by atoms with van der Waals surface area (Å²) in [5.74, 6) is 0.684. The van der Waals surface area contributed by atoms with Crippen LogP contribution in [0.25, 0.3) is 0 Å². The molecule has 1 saturated heterocycles. The minimum absolute atomic E-state index is 0.366. The summed E-state index contributed by atoms with van der Waals surface area (Å²) in [4.78, 5) is 2.50. The second-order valence-electron chi connectivity index (χ2n) is 5.17. The lowest BCUT2D eigenvalue weighted by molar-refractivity contribution is -0.0540. The fourth-order valence-electron chi connectivity index (χ4n) is 2.50. The van der Waals surface area contributed by atoms with Crippen LogP contribution in [0.1, 0.15) is 40.5 Å². The van der Waals surface area contributed by atoms with Crippen molar-refractivity contribution in [3.63, 3.8) is 0 Å². The molecule has 0 radical (unpaired) electrons. The van der Waals surface area contributed by atoms with Crippen molar-refractivity contribution in [1.29, 1.82) is 0 Å². The van der Waals surface area contributed by atoms with Crippen molar-refractivity contribution in [3.8, 4) is 0 Å². The Morgan fingerprint density at radius 1 is 1.35 bits per heavy atom. The third-order valence-electron chi connectivity index (χ3n) is 3.91. The minimum atomic E-state index is 0.366. The third-order valence-corrected chi connectivity index (χ3v) is 3.91. The van der Waals surface area contributed by atoms with Crippen LogP contribution in [0.5, 0.6) is 0 Å². The second-order valence-corrected chi connectivity index (χ2v) is 5.17. The van der Waals surface area contributed by atoms with Crippen LogP contribution in [0.4, 0.5) is 0 Å². The van der Waals surface area contributed by atoms with Gasteiger partial charge in [0.15, 0.2) is 0 Å². The lowest BCUT2D eigenvalue weighted by Crippen LogP contribution is -2.54. The smallest absolute Gasteiger partial charge is 0.0857 e. The number of morpholine rings is 1. The molecule has 1 N–H and O–H groups in total. The Kier molecular flexibility index (Phi) is 7.09. The van der Waals surface area contributed by atoms with Gasteiger partial charge < -0.3 is 10.1 Å². The second kappa shape index (κ2) is 8.06. The first-order valence-electron chi connectivity index (χ1n) is 7.30. The summed E-state index contributed by atoms with van der Waals surface area (Å²) < 4.78 is 5.99. The van der Waals surface area contributed by atoms with Crippen LogP contribution in [0.15, 0.2) is 0 Å². The first-order valence-corrected chi connectivity index (χ1v) is 7.30. The molecule has 1 aliphatic rings. The molecule has 3 unspecified atom stereocenters. The van der Waals surface area contributed by atoms with Gasteiger partial charge in [-0.15, -0.1) is 0 Å². The van der Waals surface area contributed by atoms with E-state index in [1.54, 1.807) is 0 Å². The predicted octanol–water partition coefficient (Wildman–Crippen LogP) is 2.12. The molecule has 1 aliphatic heterocycles. The minimum Gasteiger partial charge on any atom is -0.374 e. The van der Waals surface area contributed by atoms with E-state index >= 15 is 0 Å². The van der Waals surface area contributed by atoms with Crippen molar-refractivity contribution in [2.24, 2.45) is 5.92 Å². The summed E-state index contributed by atoms with van der Waals surface area (Å²) in [6.45, 7) is 14.4. The van der Waals surface area contributed by atoms with E-state index in [9.17, 15) is 0 Å². The largest absolute Gasteiger partial charge is 0.374 e. The molecule has 1 fully saturated rings. The van der Waals surface area contributed by atoms with Gasteiger partial charge in [0.2, 0.25) is 0 Å². The molecule has 0 bridgehead atoms. The van der Waals surface area contributed by atoms with E-state index in [0.29, 0.717) is 18.1 Å². The number of rotatable bonds is 7. The van der Waals surface area contributed by atoms with Crippen molar-refractivity contribution < 1.29 is 4.74 Å². The van der Waals surface area contributed by atoms with Crippen LogP contribution in [-0.4, -0.2) is 49.8 Å². The molecule has 0 aromatic carbocycles. The summed E-state index contributed by atoms with van der Waals surface area (Å²) >= 11 is 0. The molecule has 0 saturated carbocycles. The highest BCUT2D eigenvalue weighted by molar-refractivity contribution is 4.85. The standard InChI is InChI=1S/C14H30N2O/c1-5-8-15-14(12(4)6-2)13-11-16(7-3)9-10-17-13/h12-15H,5-11H2,1-4H3. The average molecular weight is 242 g/mol. The van der Waals surface area contributed by atoms with Crippen LogP contribution in [0.3, 0.4) is 0 Å². The third kappa shape index (κ3) is 4.57. The molecule has 0 aliphatic carbocycles. The summed E-state index contributed by atoms with van der Waals surface area (Å²) in [5, 5.41) is 3.68. The van der Waals surface area contributed by atoms with Crippen molar-refractivity contribution >= 4 is 0 Å². The lowest BCUT2D eigenvalue weighted by atomic mass is 9.93. The molecule has 102 valence electrons. The summed E-state index contributed by atoms with van der Waals surface area (Å²) in [7, 11) is 0. The van der Waals surface area contributed by atoms with Crippen molar-refractivity contribution in [2.75, 3.05) is 32.8 Å². The molecule has 3 heteroatoms. The fraction of sp³-hybridized carbons (Fsp3) is 1.00. The van der Waals surface area contributed by atoms with Gasteiger partial charge in [-0.3, -0.25) is 4.90 Å². The normalized spacial score (nSPS) is 25.8. The molecular formula is C14H30N2O. The molecule has 0 spiro atoms. The number of nitrogens with zero attached hydrogens (tertiary/aromatic N) is 1. The van der Waals surface area contributed by atoms with Gasteiger partial charge in [-0.2, -0.15) is 0 Å². The zero-order valence-corrected chi connectivity index (χ0v) is 12.0. The summed E-state index contributed by atoms with van der Waals surface area (Å²) in [6.07, 6.45) is 2.77. The molecule has 0 aromatic heterocycles. The molecule has 0 aromatic rings. The van der Waals surface area contributed by atoms with Crippen LogP contribution >= 0.6 is 0 Å². The Hall–Kier alpha value is -0.120. The van der Waals surface area contributed by atoms with Crippen LogP contribution in [0, 0.1) is 5.92 Å². The first-order chi connectivity index (χ1) is 8.22. The Bertz CT molecular complexity index is 199. The Balaban J connectivity index is 2.54. The Morgan fingerprint density at radius 3 is 2.71 bits per heavy atom. The van der Waals surface area contributed by atoms with E-state index < -0.39 is 0 Å². The van der Waals surface area contributed by atoms with Gasteiger partial charge in [0.1, 0.15) is 0 Å². The topological polar surface area (TPSA) is 24.5 Å². The van der Waals surface area contributed by atoms with Gasteiger partial charge in [0.25, 0.3) is 0 Å². The Morgan fingerprint density at radius 2 is 2.12 bits per heavy atom. The van der Waals surface area contributed by atoms with Gasteiger partial charge in [-0.25, -0.2) is 0 Å². The van der Waals surface area contributed by atoms with Gasteiger partial charge in [-0.1, -0.05) is 34.1 Å². The molecule has 3 nitrogen and oxygen atoms in total. The van der Waals surface area contributed by atoms with Crippen molar-refractivity contribution in [2.45, 2.75) is 52.7 Å². The maximum Gasteiger partial charge on any atom is 0.0857 e. The predicted molar refractivity (Wildman–Crippen MR) is 73.4 cm³/mol. The van der Waals surface area contributed by atoms with Gasteiger partial charge in [0, 0.05) is 19.1 Å². The first kappa shape index (κ1) is 14.9. The summed E-state index contributed by atoms with van der Waals surface area (Å²) in [5.41, 5.74) is 0. The molecule has 3 atom stereocenters. The van der Waals surface area contributed by atoms with E-state index in [0.717, 1.165) is 32.8 Å². The SMILES string of the molecule is CCCNC(C(C)CC)C1CN(CC)CCO1. The molecular weight excluding hydrogens is 212 g/mol. The molecule has 17 heavy (non-hydrogen) atoms. The van der Waals surface area contributed by atoms with E-state index in [-0.39, 0.29) is 0 Å². The molecule has 1 heterocycles. The maximum absolute atomic E-state index is 5.99. The number of hydrogen-bond donors (Lipinski definition) is 1. The number of likely N-dealkylation sites (N-methyl/N-ethyl adjacent to an activating group) is 1. The van der Waals surface area contributed by atoms with Gasteiger partial charge >= 0.3 is 0 Å². The maximum atomic E-state index is 5.99. The number of nitrogens with one attached hydrogen (secondary N) is 1. The van der Waals surface area contributed by atoms with Crippen LogP contribution in [-0.2, 0) is 4.74 Å². The van der Waals surface area contributed by atoms with E-state index in [2.05, 4.69) is 37.9 Å². The van der Waals surface area contributed by atoms with E-state index in [1.807, 2.05) is 0 Å². The number of ether oxygens (including phenoxy) is 1. The zero-order valence-electron chi connectivity index (χ0n) is 12.0. The van der Waals surface area contributed by atoms with E-state index in [4.69, 9.17) is 4.74 Å². The highest BCUT2D eigenvalue weighted by Gasteiger charge is 2.30. The molecule has 1 rings (SSSR count). The Labute approximate surface area is 107 Å².